The van der Waals surface area contributed by atoms with Crippen LogP contribution in [0.1, 0.15) is 188 Å². The van der Waals surface area contributed by atoms with E-state index in [0.29, 0.717) is 25.9 Å². The van der Waals surface area contributed by atoms with E-state index >= 15 is 0 Å². The van der Waals surface area contributed by atoms with Crippen LogP contribution in [0, 0.1) is 0 Å². The second-order valence-electron chi connectivity index (χ2n) is 24.1. The summed E-state index contributed by atoms with van der Waals surface area (Å²) in [6.45, 7) is 13.7. The molecule has 38 nitrogen and oxygen atoms in total. The molecule has 0 spiro atoms. The number of hydrogen-bond acceptors (Lipinski definition) is 38. The van der Waals surface area contributed by atoms with Gasteiger partial charge in [-0.15, -0.1) is 0 Å². The summed E-state index contributed by atoms with van der Waals surface area (Å²) in [6, 6.07) is 0. The van der Waals surface area contributed by atoms with E-state index in [2.05, 4.69) is 61.6 Å². The average Bonchev–Trinajstić information content (AvgIpc) is 0.871. The first-order valence-electron chi connectivity index (χ1n) is 34.3. The van der Waals surface area contributed by atoms with Crippen molar-refractivity contribution in [3.05, 3.63) is 0 Å². The molecule has 0 aromatic heterocycles. The zero-order chi connectivity index (χ0) is 81.6. The number of carbonyl (C=O) groups is 10. The first-order chi connectivity index (χ1) is 50.0. The first-order valence-corrected chi connectivity index (χ1v) is 34.3. The average molecular weight is 1970 g/mol. The monoisotopic (exact) mass is 1970 g/mol. The normalized spacial score (nSPS) is 18.8. The minimum atomic E-state index is -1.20. The number of methoxy groups -OCH3 is 12. The van der Waals surface area contributed by atoms with E-state index in [4.69, 9.17) is 62.3 Å². The topological polar surface area (TPSA) is 473 Å². The zero-order valence-corrected chi connectivity index (χ0v) is 79.2. The fourth-order valence-electron chi connectivity index (χ4n) is 8.94. The molecular formula is C72H140O38Y4. The van der Waals surface area contributed by atoms with Gasteiger partial charge in [0.1, 0.15) is 64.1 Å². The predicted molar refractivity (Wildman–Crippen MR) is 395 cm³/mol. The minimum Gasteiger partial charge on any atom is -0.457 e. The number of rotatable bonds is 26. The van der Waals surface area contributed by atoms with Crippen molar-refractivity contribution in [2.75, 3.05) is 138 Å². The second kappa shape index (κ2) is 86.5. The van der Waals surface area contributed by atoms with Gasteiger partial charge in [0.15, 0.2) is 11.2 Å². The van der Waals surface area contributed by atoms with Crippen molar-refractivity contribution in [2.45, 2.75) is 272 Å². The van der Waals surface area contributed by atoms with Gasteiger partial charge in [0, 0.05) is 159 Å². The molecule has 0 saturated heterocycles. The Labute approximate surface area is 777 Å². The van der Waals surface area contributed by atoms with Crippen molar-refractivity contribution < 1.29 is 313 Å². The van der Waals surface area contributed by atoms with Gasteiger partial charge in [-0.25, -0.2) is 47.9 Å². The van der Waals surface area contributed by atoms with Crippen LogP contribution in [0.25, 0.3) is 0 Å². The molecule has 12 unspecified atom stereocenters. The Hall–Kier alpha value is -2.88. The third-order valence-corrected chi connectivity index (χ3v) is 14.5. The van der Waals surface area contributed by atoms with E-state index in [0.717, 1.165) is 83.5 Å². The number of carbonyl (C=O) groups excluding carboxylic acids is 10. The van der Waals surface area contributed by atoms with Crippen LogP contribution in [-0.4, -0.2) is 304 Å². The fraction of sp³-hybridized carbons (Fsp3) is 0.861. The fourth-order valence-corrected chi connectivity index (χ4v) is 8.94. The third-order valence-electron chi connectivity index (χ3n) is 14.5. The molecule has 42 heteroatoms. The molecule has 668 valence electrons. The van der Waals surface area contributed by atoms with Crippen LogP contribution in [0.15, 0.2) is 0 Å². The van der Waals surface area contributed by atoms with Crippen LogP contribution in [-0.2, 0) is 254 Å². The molecule has 0 heterocycles. The second-order valence-corrected chi connectivity index (χ2v) is 24.1. The van der Waals surface area contributed by atoms with Crippen molar-refractivity contribution in [1.29, 1.82) is 0 Å². The Bertz CT molecular complexity index is 2350. The molecule has 0 aromatic carbocycles. The summed E-state index contributed by atoms with van der Waals surface area (Å²) in [5, 5.41) is 35.9. The van der Waals surface area contributed by atoms with Gasteiger partial charge in [-0.2, -0.15) is 0 Å². The Morgan fingerprint density at radius 2 is 0.588 bits per heavy atom. The van der Waals surface area contributed by atoms with Crippen LogP contribution < -0.4 is 0 Å². The number of aliphatic hydroxyl groups is 4. The van der Waals surface area contributed by atoms with Crippen molar-refractivity contribution in [1.82, 2.24) is 0 Å². The largest absolute Gasteiger partial charge is 0.508 e. The predicted octanol–water partition coefficient (Wildman–Crippen LogP) is 10.7. The van der Waals surface area contributed by atoms with Crippen molar-refractivity contribution >= 4 is 61.2 Å². The smallest absolute Gasteiger partial charge is 0.457 e. The van der Waals surface area contributed by atoms with Crippen LogP contribution >= 0.6 is 0 Å². The van der Waals surface area contributed by atoms with E-state index < -0.39 is 109 Å². The van der Waals surface area contributed by atoms with E-state index in [1.54, 1.807) is 69.8 Å². The molecular weight excluding hydrogens is 1830 g/mol. The molecule has 4 saturated carbocycles. The summed E-state index contributed by atoms with van der Waals surface area (Å²) >= 11 is 0. The molecule has 0 bridgehead atoms. The van der Waals surface area contributed by atoms with Crippen molar-refractivity contribution in [2.24, 2.45) is 0 Å². The van der Waals surface area contributed by atoms with Gasteiger partial charge in [0.2, 0.25) is 0 Å². The first kappa shape index (κ1) is 137. The summed E-state index contributed by atoms with van der Waals surface area (Å²) in [6.07, 6.45) is 4.55. The summed E-state index contributed by atoms with van der Waals surface area (Å²) < 4.78 is 113. The molecule has 12 atom stereocenters. The van der Waals surface area contributed by atoms with E-state index in [1.807, 2.05) is 0 Å². The summed E-state index contributed by atoms with van der Waals surface area (Å²) in [5.74, 6) is -0.986. The standard InChI is InChI=1S/C16H28O7.C15H26O7.C9H16O4.C8H14O4.C6H12O4.2C5H10O4.C4H8O4.4CH4.4Y/c1-11(10-21-15(18)20-5)23-16(2,3)14(17)22-13-9-7-6-8-12(13)19-4;1-10(9-20-14(18)19-4)22-15(2,3)13(17)21-12-8-6-5-7-11(12)16;1-11-7-5-3-4-6-8(7)13-9(10)12-2;1-11-8(10)12-7-5-3-2-4-6(7)9;1-5(8-2)4-10-6(7)9-3;1-7-3-4-9-5(6)8-2;1-4(6)3-9-5(7)8-2;1-7-4(6)8-3-2-5;;;;;;;;/h11-13H,6-10H2,1-5H3;10-12,16H,5-9H2,1-4H3;7-8H,3-6H2,1-2H3;6-7,9H,2-5H2,1H3;5H,4H2,1-3H3;3-4H2,1-2H3;4,6H,3H2,1-2H3;5H,2-3H2,1H3;4*1H4;;;;. The van der Waals surface area contributed by atoms with E-state index in [1.165, 1.54) is 70.9 Å². The zero-order valence-electron chi connectivity index (χ0n) is 67.9. The molecule has 4 rings (SSSR count). The maximum absolute atomic E-state index is 12.4. The van der Waals surface area contributed by atoms with Gasteiger partial charge in [0.25, 0.3) is 0 Å². The van der Waals surface area contributed by atoms with E-state index in [9.17, 15) is 58.2 Å². The SMILES string of the molecule is C.C.C.C.COC(=O)OC1CCCCC1O.COC(=O)OC1CCCCC1OC.COC(=O)OCC(C)O.COC(=O)OCC(C)OC.COC(=O)OCC(C)OC(C)(C)C(=O)OC1CCCCC1O.COC(=O)OCC(C)OC(C)(C)C(=O)OC1CCCCC1OC.COC(=O)OCCO.COCCOC(=O)OC.[Y].[Y].[Y].[Y]. The molecule has 0 amide bonds. The van der Waals surface area contributed by atoms with Crippen LogP contribution in [0.3, 0.4) is 0 Å². The molecule has 4 aliphatic carbocycles. The molecule has 4 N–H and O–H groups in total. The Morgan fingerprint density at radius 3 is 0.877 bits per heavy atom. The summed E-state index contributed by atoms with van der Waals surface area (Å²) in [7, 11) is 16.3. The molecule has 0 aliphatic heterocycles. The van der Waals surface area contributed by atoms with Crippen LogP contribution in [0.5, 0.6) is 0 Å². The quantitative estimate of drug-likeness (QED) is 0.0355. The number of ether oxygens (including phenoxy) is 24. The molecule has 0 aromatic rings. The minimum absolute atomic E-state index is 0. The maximum Gasteiger partial charge on any atom is 0.508 e. The van der Waals surface area contributed by atoms with Gasteiger partial charge in [-0.3, -0.25) is 0 Å². The summed E-state index contributed by atoms with van der Waals surface area (Å²) in [4.78, 5) is 109. The van der Waals surface area contributed by atoms with E-state index in [-0.39, 0.29) is 243 Å². The van der Waals surface area contributed by atoms with Gasteiger partial charge in [0.05, 0.1) is 119 Å². The van der Waals surface area contributed by atoms with Crippen molar-refractivity contribution in [3.63, 3.8) is 0 Å². The molecule has 114 heavy (non-hydrogen) atoms. The van der Waals surface area contributed by atoms with Gasteiger partial charge in [-0.05, 0) is 132 Å². The maximum atomic E-state index is 12.4. The number of hydrogen-bond donors (Lipinski definition) is 4. The van der Waals surface area contributed by atoms with Crippen LogP contribution in [0.4, 0.5) is 38.4 Å². The Kier molecular flexibility index (Phi) is 104. The number of esters is 2. The van der Waals surface area contributed by atoms with Gasteiger partial charge in [-0.1, -0.05) is 55.4 Å². The van der Waals surface area contributed by atoms with Gasteiger partial charge < -0.3 is 134 Å². The molecule has 4 fully saturated rings. The van der Waals surface area contributed by atoms with Crippen LogP contribution in [0.2, 0.25) is 0 Å². The Morgan fingerprint density at radius 1 is 0.333 bits per heavy atom. The number of aliphatic hydroxyl groups excluding tert-OH is 4. The molecule has 4 radical (unpaired) electrons. The molecule has 4 aliphatic rings. The third kappa shape index (κ3) is 75.3. The summed E-state index contributed by atoms with van der Waals surface area (Å²) in [5.41, 5.74) is -2.34. The Balaban J connectivity index is -0.000000106. The van der Waals surface area contributed by atoms with Gasteiger partial charge >= 0.3 is 61.2 Å². The van der Waals surface area contributed by atoms with Crippen molar-refractivity contribution in [3.8, 4) is 0 Å².